The van der Waals surface area contributed by atoms with Crippen LogP contribution in [0.2, 0.25) is 0 Å². The van der Waals surface area contributed by atoms with E-state index in [9.17, 15) is 23.3 Å². The molecular formula is C10H12N2O7S. The van der Waals surface area contributed by atoms with Gasteiger partial charge in [0.2, 0.25) is 10.0 Å². The van der Waals surface area contributed by atoms with Crippen LogP contribution in [0.15, 0.2) is 23.1 Å². The summed E-state index contributed by atoms with van der Waals surface area (Å²) in [5.41, 5.74) is -0.130. The molecule has 9 nitrogen and oxygen atoms in total. The molecule has 110 valence electrons. The highest BCUT2D eigenvalue weighted by Gasteiger charge is 2.26. The van der Waals surface area contributed by atoms with Crippen molar-refractivity contribution in [2.45, 2.75) is 17.9 Å². The van der Waals surface area contributed by atoms with Gasteiger partial charge in [0.1, 0.15) is 6.04 Å². The number of nitrogens with zero attached hydrogens (tertiary/aromatic N) is 1. The zero-order chi connectivity index (χ0) is 15.5. The molecule has 0 amide bonds. The molecule has 10 heteroatoms. The van der Waals surface area contributed by atoms with E-state index in [0.29, 0.717) is 0 Å². The largest absolute Gasteiger partial charge is 0.480 e. The van der Waals surface area contributed by atoms with Crippen LogP contribution >= 0.6 is 0 Å². The first-order valence-electron chi connectivity index (χ1n) is 5.30. The summed E-state index contributed by atoms with van der Waals surface area (Å²) < 4.78 is 25.5. The maximum Gasteiger partial charge on any atom is 0.324 e. The van der Waals surface area contributed by atoms with Crippen LogP contribution in [-0.2, 0) is 14.8 Å². The summed E-state index contributed by atoms with van der Waals surface area (Å²) in [5.74, 6) is -1.56. The number of aryl methyl sites for hydroxylation is 1. The fraction of sp³-hybridized carbons (Fsp3) is 0.300. The van der Waals surface area contributed by atoms with Crippen LogP contribution < -0.4 is 4.72 Å². The van der Waals surface area contributed by atoms with E-state index >= 15 is 0 Å². The number of hydrogen-bond acceptors (Lipinski definition) is 6. The molecule has 0 fully saturated rings. The predicted octanol–water partition coefficient (Wildman–Crippen LogP) is -0.373. The number of carboxylic acids is 1. The third-order valence-electron chi connectivity index (χ3n) is 2.47. The Morgan fingerprint density at radius 1 is 1.50 bits per heavy atom. The average molecular weight is 304 g/mol. The number of rotatable bonds is 6. The summed E-state index contributed by atoms with van der Waals surface area (Å²) in [6.45, 7) is 0.498. The Kier molecular flexibility index (Phi) is 4.76. The van der Waals surface area contributed by atoms with Crippen molar-refractivity contribution in [3.05, 3.63) is 33.9 Å². The zero-order valence-electron chi connectivity index (χ0n) is 10.3. The van der Waals surface area contributed by atoms with Gasteiger partial charge >= 0.3 is 5.97 Å². The fourth-order valence-corrected chi connectivity index (χ4v) is 2.57. The Balaban J connectivity index is 3.19. The quantitative estimate of drug-likeness (QED) is 0.479. The lowest BCUT2D eigenvalue weighted by atomic mass is 10.2. The molecule has 0 aliphatic rings. The van der Waals surface area contributed by atoms with Crippen LogP contribution in [0, 0.1) is 17.0 Å². The lowest BCUT2D eigenvalue weighted by molar-refractivity contribution is -0.385. The lowest BCUT2D eigenvalue weighted by Crippen LogP contribution is -2.43. The lowest BCUT2D eigenvalue weighted by Gasteiger charge is -2.12. The minimum atomic E-state index is -4.28. The summed E-state index contributed by atoms with van der Waals surface area (Å²) in [6.07, 6.45) is 0. The average Bonchev–Trinajstić information content (AvgIpc) is 2.35. The maximum absolute atomic E-state index is 11.9. The molecule has 1 aromatic carbocycles. The topological polar surface area (TPSA) is 147 Å². The Morgan fingerprint density at radius 3 is 2.55 bits per heavy atom. The van der Waals surface area contributed by atoms with Gasteiger partial charge in [-0.05, 0) is 13.0 Å². The van der Waals surface area contributed by atoms with Crippen LogP contribution in [-0.4, -0.2) is 42.2 Å². The number of sulfonamides is 1. The summed E-state index contributed by atoms with van der Waals surface area (Å²) in [5, 5.41) is 28.2. The third-order valence-corrected chi connectivity index (χ3v) is 3.94. The predicted molar refractivity (Wildman–Crippen MR) is 66.7 cm³/mol. The molecule has 0 aliphatic carbocycles. The number of nitro benzene ring substituents is 1. The Morgan fingerprint density at radius 2 is 2.10 bits per heavy atom. The number of carboxylic acid groups (broad SMARTS) is 1. The highest BCUT2D eigenvalue weighted by atomic mass is 32.2. The summed E-state index contributed by atoms with van der Waals surface area (Å²) >= 11 is 0. The smallest absolute Gasteiger partial charge is 0.324 e. The number of hydrogen-bond donors (Lipinski definition) is 3. The van der Waals surface area contributed by atoms with Crippen molar-refractivity contribution >= 4 is 21.7 Å². The highest BCUT2D eigenvalue weighted by Crippen LogP contribution is 2.22. The molecule has 0 aliphatic heterocycles. The number of nitro groups is 1. The van der Waals surface area contributed by atoms with E-state index in [2.05, 4.69) is 0 Å². The van der Waals surface area contributed by atoms with Crippen molar-refractivity contribution in [1.29, 1.82) is 0 Å². The van der Waals surface area contributed by atoms with Crippen LogP contribution in [0.5, 0.6) is 0 Å². The van der Waals surface area contributed by atoms with E-state index in [0.717, 1.165) is 12.1 Å². The maximum atomic E-state index is 11.9. The van der Waals surface area contributed by atoms with Gasteiger partial charge in [0.15, 0.2) is 0 Å². The first kappa shape index (κ1) is 16.0. The van der Waals surface area contributed by atoms with Gasteiger partial charge in [-0.15, -0.1) is 0 Å². The van der Waals surface area contributed by atoms with E-state index in [1.54, 1.807) is 4.72 Å². The molecule has 0 heterocycles. The highest BCUT2D eigenvalue weighted by molar-refractivity contribution is 7.89. The van der Waals surface area contributed by atoms with Crippen LogP contribution in [0.3, 0.4) is 0 Å². The second kappa shape index (κ2) is 5.94. The van der Waals surface area contributed by atoms with Gasteiger partial charge in [-0.2, -0.15) is 4.72 Å². The Bertz CT molecular complexity index is 641. The van der Waals surface area contributed by atoms with Gasteiger partial charge in [-0.25, -0.2) is 8.42 Å². The molecule has 1 atom stereocenters. The number of aliphatic hydroxyl groups is 1. The molecule has 0 radical (unpaired) electrons. The van der Waals surface area contributed by atoms with Crippen molar-refractivity contribution in [2.75, 3.05) is 6.61 Å². The van der Waals surface area contributed by atoms with Gasteiger partial charge in [-0.3, -0.25) is 14.9 Å². The minimum Gasteiger partial charge on any atom is -0.480 e. The summed E-state index contributed by atoms with van der Waals surface area (Å²) in [4.78, 5) is 20.2. The number of aliphatic carboxylic acids is 1. The van der Waals surface area contributed by atoms with Crippen LogP contribution in [0.1, 0.15) is 5.56 Å². The van der Waals surface area contributed by atoms with Crippen molar-refractivity contribution < 1.29 is 28.3 Å². The number of benzene rings is 1. The molecule has 1 aromatic rings. The third kappa shape index (κ3) is 3.50. The Labute approximate surface area is 114 Å². The molecular weight excluding hydrogens is 292 g/mol. The van der Waals surface area contributed by atoms with Gasteiger partial charge in [0, 0.05) is 11.6 Å². The van der Waals surface area contributed by atoms with Crippen LogP contribution in [0.4, 0.5) is 5.69 Å². The standard InChI is InChI=1S/C10H12N2O7S/c1-6-2-3-7(4-9(6)12(16)17)20(18,19)11-8(5-13)10(14)15/h2-4,8,11,13H,5H2,1H3,(H,14,15)/t8-/m0/s1. The summed E-state index contributed by atoms with van der Waals surface area (Å²) in [7, 11) is -4.28. The number of nitrogens with one attached hydrogen (secondary N) is 1. The molecule has 1 rings (SSSR count). The van der Waals surface area contributed by atoms with Crippen molar-refractivity contribution in [3.8, 4) is 0 Å². The van der Waals surface area contributed by atoms with E-state index < -0.39 is 44.1 Å². The Hall–Kier alpha value is -2.04. The second-order valence-corrected chi connectivity index (χ2v) is 5.61. The number of aliphatic hydroxyl groups excluding tert-OH is 1. The molecule has 0 bridgehead atoms. The molecule has 3 N–H and O–H groups in total. The SMILES string of the molecule is Cc1ccc(S(=O)(=O)N[C@@H](CO)C(=O)O)cc1[N+](=O)[O-]. The summed E-state index contributed by atoms with van der Waals surface area (Å²) in [6, 6.07) is 1.46. The van der Waals surface area contributed by atoms with E-state index in [-0.39, 0.29) is 5.56 Å². The molecule has 0 aromatic heterocycles. The molecule has 0 spiro atoms. The second-order valence-electron chi connectivity index (χ2n) is 3.90. The number of carbonyl (C=O) groups is 1. The molecule has 0 saturated heterocycles. The van der Waals surface area contributed by atoms with Crippen molar-refractivity contribution in [3.63, 3.8) is 0 Å². The molecule has 20 heavy (non-hydrogen) atoms. The van der Waals surface area contributed by atoms with E-state index in [1.165, 1.54) is 13.0 Å². The zero-order valence-corrected chi connectivity index (χ0v) is 11.1. The van der Waals surface area contributed by atoms with E-state index in [1.807, 2.05) is 0 Å². The first-order valence-corrected chi connectivity index (χ1v) is 6.78. The molecule has 0 unspecified atom stereocenters. The normalized spacial score (nSPS) is 12.9. The van der Waals surface area contributed by atoms with Crippen molar-refractivity contribution in [2.24, 2.45) is 0 Å². The van der Waals surface area contributed by atoms with Gasteiger partial charge in [0.25, 0.3) is 5.69 Å². The van der Waals surface area contributed by atoms with Crippen LogP contribution in [0.25, 0.3) is 0 Å². The van der Waals surface area contributed by atoms with Gasteiger partial charge < -0.3 is 10.2 Å². The van der Waals surface area contributed by atoms with Crippen molar-refractivity contribution in [1.82, 2.24) is 4.72 Å². The molecule has 0 saturated carbocycles. The van der Waals surface area contributed by atoms with Gasteiger partial charge in [-0.1, -0.05) is 6.07 Å². The minimum absolute atomic E-state index is 0.269. The van der Waals surface area contributed by atoms with Gasteiger partial charge in [0.05, 0.1) is 16.4 Å². The monoisotopic (exact) mass is 304 g/mol. The first-order chi connectivity index (χ1) is 9.19. The fourth-order valence-electron chi connectivity index (χ4n) is 1.37. The van der Waals surface area contributed by atoms with E-state index in [4.69, 9.17) is 10.2 Å².